The number of aromatic carboxylic acids is 1. The van der Waals surface area contributed by atoms with Crippen molar-refractivity contribution in [2.45, 2.75) is 13.8 Å². The minimum absolute atomic E-state index is 0.198. The van der Waals surface area contributed by atoms with Gasteiger partial charge in [-0.2, -0.15) is 0 Å². The summed E-state index contributed by atoms with van der Waals surface area (Å²) < 4.78 is 0. The molecule has 2 aromatic heterocycles. The van der Waals surface area contributed by atoms with Crippen LogP contribution in [0.15, 0.2) is 42.9 Å². The fourth-order valence-corrected chi connectivity index (χ4v) is 1.32. The molecule has 0 atom stereocenters. The molecule has 0 saturated carbocycles. The van der Waals surface area contributed by atoms with Crippen molar-refractivity contribution in [2.24, 2.45) is 0 Å². The maximum atomic E-state index is 10.9. The van der Waals surface area contributed by atoms with E-state index in [-0.39, 0.29) is 5.56 Å². The zero-order valence-electron chi connectivity index (χ0n) is 9.79. The predicted octanol–water partition coefficient (Wildman–Crippen LogP) is 2.87. The highest BCUT2D eigenvalue weighted by Crippen LogP contribution is 2.19. The molecule has 0 radical (unpaired) electrons. The lowest BCUT2D eigenvalue weighted by molar-refractivity contribution is 0.0697. The maximum Gasteiger partial charge on any atom is 0.337 e. The molecule has 0 fully saturated rings. The Bertz CT molecular complexity index is 484. The molecule has 4 nitrogen and oxygen atoms in total. The van der Waals surface area contributed by atoms with E-state index in [4.69, 9.17) is 5.11 Å². The molecule has 2 rings (SSSR count). The molecule has 0 aliphatic heterocycles. The molecule has 88 valence electrons. The van der Waals surface area contributed by atoms with Crippen molar-refractivity contribution in [2.75, 3.05) is 0 Å². The van der Waals surface area contributed by atoms with Crippen LogP contribution in [0.1, 0.15) is 24.2 Å². The van der Waals surface area contributed by atoms with E-state index in [2.05, 4.69) is 9.97 Å². The topological polar surface area (TPSA) is 63.1 Å². The van der Waals surface area contributed by atoms with Gasteiger partial charge < -0.3 is 5.11 Å². The molecule has 0 bridgehead atoms. The molecule has 1 N–H and O–H groups in total. The minimum Gasteiger partial charge on any atom is -0.478 e. The van der Waals surface area contributed by atoms with E-state index in [1.807, 2.05) is 13.8 Å². The minimum atomic E-state index is -0.977. The van der Waals surface area contributed by atoms with E-state index < -0.39 is 5.97 Å². The number of carboxylic acids is 1. The Labute approximate surface area is 100.0 Å². The number of aromatic nitrogens is 2. The molecule has 0 spiro atoms. The van der Waals surface area contributed by atoms with E-state index in [1.54, 1.807) is 36.8 Å². The van der Waals surface area contributed by atoms with Crippen LogP contribution in [0.2, 0.25) is 0 Å². The van der Waals surface area contributed by atoms with Gasteiger partial charge in [-0.1, -0.05) is 13.8 Å². The van der Waals surface area contributed by atoms with Gasteiger partial charge in [-0.25, -0.2) is 4.79 Å². The summed E-state index contributed by atoms with van der Waals surface area (Å²) in [5, 5.41) is 8.97. The van der Waals surface area contributed by atoms with Gasteiger partial charge in [0.1, 0.15) is 0 Å². The predicted molar refractivity (Wildman–Crippen MR) is 65.8 cm³/mol. The Morgan fingerprint density at radius 2 is 1.76 bits per heavy atom. The van der Waals surface area contributed by atoms with Crippen LogP contribution in [0.25, 0.3) is 11.3 Å². The Hall–Kier alpha value is -2.23. The first kappa shape index (κ1) is 12.8. The molecule has 0 saturated heterocycles. The first-order chi connectivity index (χ1) is 8.29. The van der Waals surface area contributed by atoms with Crippen LogP contribution in [0.5, 0.6) is 0 Å². The number of hydrogen-bond acceptors (Lipinski definition) is 3. The van der Waals surface area contributed by atoms with Crippen LogP contribution in [0.4, 0.5) is 0 Å². The third-order valence-corrected chi connectivity index (χ3v) is 1.99. The zero-order valence-corrected chi connectivity index (χ0v) is 9.79. The van der Waals surface area contributed by atoms with Crippen molar-refractivity contribution < 1.29 is 9.90 Å². The summed E-state index contributed by atoms with van der Waals surface area (Å²) >= 11 is 0. The zero-order chi connectivity index (χ0) is 12.7. The monoisotopic (exact) mass is 230 g/mol. The Balaban J connectivity index is 0.000000686. The first-order valence-electron chi connectivity index (χ1n) is 5.38. The molecule has 0 aromatic carbocycles. The van der Waals surface area contributed by atoms with Crippen LogP contribution < -0.4 is 0 Å². The summed E-state index contributed by atoms with van der Waals surface area (Å²) in [5.41, 5.74) is 1.42. The second-order valence-corrected chi connectivity index (χ2v) is 2.94. The number of nitrogens with zero attached hydrogens (tertiary/aromatic N) is 2. The Morgan fingerprint density at radius 3 is 2.35 bits per heavy atom. The van der Waals surface area contributed by atoms with Crippen LogP contribution in [-0.2, 0) is 0 Å². The van der Waals surface area contributed by atoms with Gasteiger partial charge in [-0.05, 0) is 24.3 Å². The smallest absolute Gasteiger partial charge is 0.337 e. The SMILES string of the molecule is CC.O=C(O)c1cccnc1-c1ccncc1. The molecule has 17 heavy (non-hydrogen) atoms. The normalized spacial score (nSPS) is 9.06. The highest BCUT2D eigenvalue weighted by molar-refractivity contribution is 5.94. The average molecular weight is 230 g/mol. The van der Waals surface area contributed by atoms with E-state index in [0.29, 0.717) is 5.69 Å². The largest absolute Gasteiger partial charge is 0.478 e. The van der Waals surface area contributed by atoms with Gasteiger partial charge in [0.15, 0.2) is 0 Å². The molecular weight excluding hydrogens is 216 g/mol. The number of pyridine rings is 2. The van der Waals surface area contributed by atoms with Crippen LogP contribution in [-0.4, -0.2) is 21.0 Å². The molecular formula is C13H14N2O2. The van der Waals surface area contributed by atoms with Gasteiger partial charge in [0.25, 0.3) is 0 Å². The fraction of sp³-hybridized carbons (Fsp3) is 0.154. The van der Waals surface area contributed by atoms with Gasteiger partial charge >= 0.3 is 5.97 Å². The van der Waals surface area contributed by atoms with Gasteiger partial charge in [-0.3, -0.25) is 9.97 Å². The molecule has 0 aliphatic rings. The van der Waals surface area contributed by atoms with E-state index in [0.717, 1.165) is 5.56 Å². The summed E-state index contributed by atoms with van der Waals surface area (Å²) in [6.45, 7) is 4.00. The number of rotatable bonds is 2. The molecule has 0 unspecified atom stereocenters. The average Bonchev–Trinajstić information content (AvgIpc) is 2.42. The first-order valence-corrected chi connectivity index (χ1v) is 5.38. The lowest BCUT2D eigenvalue weighted by atomic mass is 10.1. The molecule has 4 heteroatoms. The van der Waals surface area contributed by atoms with E-state index in [9.17, 15) is 4.79 Å². The second kappa shape index (κ2) is 6.37. The third kappa shape index (κ3) is 3.11. The quantitative estimate of drug-likeness (QED) is 0.861. The van der Waals surface area contributed by atoms with Gasteiger partial charge in [0.05, 0.1) is 11.3 Å². The lowest BCUT2D eigenvalue weighted by Gasteiger charge is -2.03. The van der Waals surface area contributed by atoms with Gasteiger partial charge in [0.2, 0.25) is 0 Å². The van der Waals surface area contributed by atoms with Crippen molar-refractivity contribution in [1.82, 2.24) is 9.97 Å². The third-order valence-electron chi connectivity index (χ3n) is 1.99. The highest BCUT2D eigenvalue weighted by atomic mass is 16.4. The second-order valence-electron chi connectivity index (χ2n) is 2.94. The Morgan fingerprint density at radius 1 is 1.12 bits per heavy atom. The van der Waals surface area contributed by atoms with Crippen LogP contribution >= 0.6 is 0 Å². The van der Waals surface area contributed by atoms with Gasteiger partial charge in [-0.15, -0.1) is 0 Å². The summed E-state index contributed by atoms with van der Waals surface area (Å²) in [5.74, 6) is -0.977. The molecule has 0 amide bonds. The number of hydrogen-bond donors (Lipinski definition) is 1. The van der Waals surface area contributed by atoms with Crippen LogP contribution in [0, 0.1) is 0 Å². The summed E-state index contributed by atoms with van der Waals surface area (Å²) in [4.78, 5) is 18.9. The van der Waals surface area contributed by atoms with E-state index >= 15 is 0 Å². The molecule has 0 aliphatic carbocycles. The standard InChI is InChI=1S/C11H8N2O2.C2H6/c14-11(15)9-2-1-5-13-10(9)8-3-6-12-7-4-8;1-2/h1-7H,(H,14,15);1-2H3. The van der Waals surface area contributed by atoms with E-state index in [1.165, 1.54) is 6.07 Å². The van der Waals surface area contributed by atoms with Gasteiger partial charge in [0, 0.05) is 24.2 Å². The lowest BCUT2D eigenvalue weighted by Crippen LogP contribution is -2.00. The highest BCUT2D eigenvalue weighted by Gasteiger charge is 2.11. The fourth-order valence-electron chi connectivity index (χ4n) is 1.32. The van der Waals surface area contributed by atoms with Crippen molar-refractivity contribution in [3.05, 3.63) is 48.4 Å². The van der Waals surface area contributed by atoms with Crippen molar-refractivity contribution in [3.8, 4) is 11.3 Å². The van der Waals surface area contributed by atoms with Crippen LogP contribution in [0.3, 0.4) is 0 Å². The van der Waals surface area contributed by atoms with Crippen molar-refractivity contribution in [3.63, 3.8) is 0 Å². The summed E-state index contributed by atoms with van der Waals surface area (Å²) in [6, 6.07) is 6.60. The number of carboxylic acid groups (broad SMARTS) is 1. The Kier molecular flexibility index (Phi) is 4.81. The molecule has 2 aromatic rings. The molecule has 2 heterocycles. The van der Waals surface area contributed by atoms with Crippen molar-refractivity contribution in [1.29, 1.82) is 0 Å². The summed E-state index contributed by atoms with van der Waals surface area (Å²) in [6.07, 6.45) is 4.79. The maximum absolute atomic E-state index is 10.9. The number of carbonyl (C=O) groups is 1. The van der Waals surface area contributed by atoms with Crippen molar-refractivity contribution >= 4 is 5.97 Å². The summed E-state index contributed by atoms with van der Waals surface area (Å²) in [7, 11) is 0.